The van der Waals surface area contributed by atoms with Crippen LogP contribution in [0, 0.1) is 5.92 Å². The number of esters is 1. The minimum atomic E-state index is -3.76. The Labute approximate surface area is 137 Å². The summed E-state index contributed by atoms with van der Waals surface area (Å²) in [6.45, 7) is 7.76. The van der Waals surface area contributed by atoms with Crippen LogP contribution in [0.15, 0.2) is 41.8 Å². The SMILES string of the molecule is C=CC(CCCC)[C@]1(C(=O)OCC)NS(=O)(=O)c2ccccc21. The average Bonchev–Trinajstić information content (AvgIpc) is 2.78. The highest BCUT2D eigenvalue weighted by atomic mass is 32.2. The van der Waals surface area contributed by atoms with Gasteiger partial charge in [-0.25, -0.2) is 13.2 Å². The van der Waals surface area contributed by atoms with Gasteiger partial charge in [0.1, 0.15) is 0 Å². The van der Waals surface area contributed by atoms with Gasteiger partial charge in [-0.2, -0.15) is 4.72 Å². The second-order valence-electron chi connectivity index (χ2n) is 5.61. The fourth-order valence-corrected chi connectivity index (χ4v) is 4.76. The maximum absolute atomic E-state index is 12.8. The molecule has 6 heteroatoms. The van der Waals surface area contributed by atoms with E-state index in [4.69, 9.17) is 4.74 Å². The van der Waals surface area contributed by atoms with Crippen molar-refractivity contribution in [1.29, 1.82) is 0 Å². The van der Waals surface area contributed by atoms with Crippen molar-refractivity contribution < 1.29 is 17.9 Å². The van der Waals surface area contributed by atoms with E-state index in [0.717, 1.165) is 12.8 Å². The molecule has 1 aliphatic rings. The lowest BCUT2D eigenvalue weighted by molar-refractivity contribution is -0.152. The van der Waals surface area contributed by atoms with E-state index in [-0.39, 0.29) is 17.4 Å². The van der Waals surface area contributed by atoms with Crippen molar-refractivity contribution in [2.45, 2.75) is 43.5 Å². The first kappa shape index (κ1) is 17.7. The summed E-state index contributed by atoms with van der Waals surface area (Å²) >= 11 is 0. The zero-order chi connectivity index (χ0) is 17.1. The molecule has 23 heavy (non-hydrogen) atoms. The molecule has 5 nitrogen and oxygen atoms in total. The number of carbonyl (C=O) groups is 1. The van der Waals surface area contributed by atoms with Crippen LogP contribution in [-0.2, 0) is 25.1 Å². The van der Waals surface area contributed by atoms with Gasteiger partial charge in [0.2, 0.25) is 10.0 Å². The molecule has 1 unspecified atom stereocenters. The van der Waals surface area contributed by atoms with Crippen molar-refractivity contribution in [3.8, 4) is 0 Å². The van der Waals surface area contributed by atoms with Gasteiger partial charge in [-0.3, -0.25) is 0 Å². The zero-order valence-corrected chi connectivity index (χ0v) is 14.4. The van der Waals surface area contributed by atoms with Gasteiger partial charge in [-0.15, -0.1) is 6.58 Å². The van der Waals surface area contributed by atoms with Crippen LogP contribution in [0.2, 0.25) is 0 Å². The maximum atomic E-state index is 12.8. The van der Waals surface area contributed by atoms with Crippen LogP contribution < -0.4 is 4.72 Å². The highest BCUT2D eigenvalue weighted by molar-refractivity contribution is 7.90. The number of nitrogens with one attached hydrogen (secondary N) is 1. The minimum Gasteiger partial charge on any atom is -0.464 e. The number of carbonyl (C=O) groups excluding carboxylic acids is 1. The average molecular weight is 337 g/mol. The van der Waals surface area contributed by atoms with Crippen molar-refractivity contribution in [2.75, 3.05) is 6.61 Å². The third kappa shape index (κ3) is 2.93. The number of ether oxygens (including phenoxy) is 1. The molecule has 1 aliphatic heterocycles. The number of fused-ring (bicyclic) bond motifs is 1. The van der Waals surface area contributed by atoms with Crippen LogP contribution in [0.3, 0.4) is 0 Å². The number of hydrogen-bond acceptors (Lipinski definition) is 4. The van der Waals surface area contributed by atoms with Gasteiger partial charge in [0.25, 0.3) is 0 Å². The van der Waals surface area contributed by atoms with Gasteiger partial charge in [-0.1, -0.05) is 44.0 Å². The molecular weight excluding hydrogens is 314 g/mol. The van der Waals surface area contributed by atoms with Crippen LogP contribution >= 0.6 is 0 Å². The molecular formula is C17H23NO4S. The van der Waals surface area contributed by atoms with Crippen LogP contribution in [0.1, 0.15) is 38.7 Å². The Morgan fingerprint density at radius 1 is 1.39 bits per heavy atom. The van der Waals surface area contributed by atoms with Gasteiger partial charge < -0.3 is 4.74 Å². The molecule has 0 fully saturated rings. The lowest BCUT2D eigenvalue weighted by Crippen LogP contribution is -2.52. The molecule has 0 saturated heterocycles. The molecule has 1 aromatic rings. The first-order valence-electron chi connectivity index (χ1n) is 7.87. The summed E-state index contributed by atoms with van der Waals surface area (Å²) in [5.74, 6) is -0.950. The zero-order valence-electron chi connectivity index (χ0n) is 13.5. The molecule has 0 spiro atoms. The van der Waals surface area contributed by atoms with E-state index >= 15 is 0 Å². The van der Waals surface area contributed by atoms with Crippen molar-refractivity contribution in [3.63, 3.8) is 0 Å². The summed E-state index contributed by atoms with van der Waals surface area (Å²) in [4.78, 5) is 12.9. The van der Waals surface area contributed by atoms with E-state index in [1.165, 1.54) is 6.07 Å². The Bertz CT molecular complexity index is 698. The molecule has 1 aromatic carbocycles. The molecule has 0 radical (unpaired) electrons. The summed E-state index contributed by atoms with van der Waals surface area (Å²) in [6, 6.07) is 6.56. The summed E-state index contributed by atoms with van der Waals surface area (Å²) in [7, 11) is -3.76. The first-order valence-corrected chi connectivity index (χ1v) is 9.35. The Morgan fingerprint density at radius 3 is 2.70 bits per heavy atom. The van der Waals surface area contributed by atoms with Crippen molar-refractivity contribution in [2.24, 2.45) is 5.92 Å². The molecule has 2 atom stereocenters. The van der Waals surface area contributed by atoms with Gasteiger partial charge in [0, 0.05) is 11.5 Å². The predicted octanol–water partition coefficient (Wildman–Crippen LogP) is 2.73. The highest BCUT2D eigenvalue weighted by Crippen LogP contribution is 2.44. The van der Waals surface area contributed by atoms with Gasteiger partial charge in [0.15, 0.2) is 5.54 Å². The Balaban J connectivity index is 2.65. The third-order valence-corrected chi connectivity index (χ3v) is 5.73. The molecule has 0 aliphatic carbocycles. The van der Waals surface area contributed by atoms with Crippen LogP contribution in [0.4, 0.5) is 0 Å². The second kappa shape index (κ2) is 6.84. The minimum absolute atomic E-state index is 0.136. The van der Waals surface area contributed by atoms with E-state index in [1.807, 2.05) is 6.92 Å². The number of sulfonamides is 1. The smallest absolute Gasteiger partial charge is 0.332 e. The van der Waals surface area contributed by atoms with E-state index in [0.29, 0.717) is 12.0 Å². The number of benzene rings is 1. The maximum Gasteiger partial charge on any atom is 0.332 e. The van der Waals surface area contributed by atoms with Crippen molar-refractivity contribution in [1.82, 2.24) is 4.72 Å². The molecule has 2 rings (SSSR count). The predicted molar refractivity (Wildman–Crippen MR) is 88.3 cm³/mol. The lowest BCUT2D eigenvalue weighted by atomic mass is 9.76. The molecule has 0 amide bonds. The molecule has 1 N–H and O–H groups in total. The first-order chi connectivity index (χ1) is 10.9. The van der Waals surface area contributed by atoms with E-state index in [1.54, 1.807) is 31.2 Å². The fraction of sp³-hybridized carbons (Fsp3) is 0.471. The normalized spacial score (nSPS) is 23.0. The summed E-state index contributed by atoms with van der Waals surface area (Å²) in [5.41, 5.74) is -0.984. The molecule has 0 saturated carbocycles. The van der Waals surface area contributed by atoms with E-state index in [9.17, 15) is 13.2 Å². The second-order valence-corrected chi connectivity index (χ2v) is 7.27. The third-order valence-electron chi connectivity index (χ3n) is 4.20. The highest BCUT2D eigenvalue weighted by Gasteiger charge is 2.56. The lowest BCUT2D eigenvalue weighted by Gasteiger charge is -2.33. The Kier molecular flexibility index (Phi) is 5.26. The fourth-order valence-electron chi connectivity index (χ4n) is 3.11. The summed E-state index contributed by atoms with van der Waals surface area (Å²) in [5, 5.41) is 0. The topological polar surface area (TPSA) is 72.5 Å². The standard InChI is InChI=1S/C17H23NO4S/c1-4-7-10-13(5-2)17(16(19)22-6-3)14-11-8-9-12-15(14)23(20,21)18-17/h5,8-9,11-13,18H,2,4,6-7,10H2,1,3H3/t13?,17-/m0/s1. The Morgan fingerprint density at radius 2 is 2.09 bits per heavy atom. The monoisotopic (exact) mass is 337 g/mol. The molecule has 0 bridgehead atoms. The molecule has 1 heterocycles. The quantitative estimate of drug-likeness (QED) is 0.613. The van der Waals surface area contributed by atoms with Crippen molar-refractivity contribution >= 4 is 16.0 Å². The largest absolute Gasteiger partial charge is 0.464 e. The van der Waals surface area contributed by atoms with Gasteiger partial charge in [-0.05, 0) is 19.4 Å². The number of rotatable bonds is 7. The molecule has 0 aromatic heterocycles. The van der Waals surface area contributed by atoms with Crippen LogP contribution in [0.5, 0.6) is 0 Å². The van der Waals surface area contributed by atoms with Gasteiger partial charge >= 0.3 is 5.97 Å². The van der Waals surface area contributed by atoms with Crippen LogP contribution in [0.25, 0.3) is 0 Å². The summed E-state index contributed by atoms with van der Waals surface area (Å²) < 4.78 is 32.8. The van der Waals surface area contributed by atoms with Crippen molar-refractivity contribution in [3.05, 3.63) is 42.5 Å². The van der Waals surface area contributed by atoms with E-state index in [2.05, 4.69) is 11.3 Å². The van der Waals surface area contributed by atoms with E-state index < -0.39 is 21.5 Å². The van der Waals surface area contributed by atoms with Gasteiger partial charge in [0.05, 0.1) is 11.5 Å². The number of hydrogen-bond donors (Lipinski definition) is 1. The summed E-state index contributed by atoms with van der Waals surface area (Å²) in [6.07, 6.45) is 4.10. The van der Waals surface area contributed by atoms with Crippen LogP contribution in [-0.4, -0.2) is 21.0 Å². The molecule has 126 valence electrons. The Hall–Kier alpha value is -1.66. The number of unbranched alkanes of at least 4 members (excludes halogenated alkanes) is 1.